The largest absolute Gasteiger partial charge is 0.481 e. The number of hydrogen-bond donors (Lipinski definition) is 2. The van der Waals surface area contributed by atoms with Crippen molar-refractivity contribution in [3.63, 3.8) is 0 Å². The van der Waals surface area contributed by atoms with Gasteiger partial charge in [0, 0.05) is 6.04 Å². The Morgan fingerprint density at radius 1 is 1.22 bits per heavy atom. The van der Waals surface area contributed by atoms with Crippen molar-refractivity contribution in [1.29, 1.82) is 0 Å². The van der Waals surface area contributed by atoms with E-state index in [-0.39, 0.29) is 17.7 Å². The van der Waals surface area contributed by atoms with Crippen LogP contribution in [0.25, 0.3) is 0 Å². The molecule has 0 spiro atoms. The number of nitrogens with one attached hydrogen (secondary N) is 1. The van der Waals surface area contributed by atoms with Crippen LogP contribution in [0.15, 0.2) is 0 Å². The molecule has 0 amide bonds. The van der Waals surface area contributed by atoms with Gasteiger partial charge >= 0.3 is 5.97 Å². The van der Waals surface area contributed by atoms with Crippen LogP contribution in [-0.4, -0.2) is 31.3 Å². The molecule has 2 fully saturated rings. The highest BCUT2D eigenvalue weighted by Gasteiger charge is 2.32. The maximum atomic E-state index is 11.8. The smallest absolute Gasteiger partial charge is 0.306 e. The Morgan fingerprint density at radius 3 is 2.44 bits per heavy atom. The van der Waals surface area contributed by atoms with E-state index in [1.807, 2.05) is 0 Å². The molecule has 104 valence electrons. The third kappa shape index (κ3) is 3.68. The van der Waals surface area contributed by atoms with Gasteiger partial charge < -0.3 is 5.11 Å². The standard InChI is InChI=1S/C12H21NO4S/c14-12(15)10-4-5-11(8-10)13-18(16,17)7-6-9-2-1-3-9/h9-11,13H,1-8H2,(H,14,15)/t10-,11+/m1/s1. The van der Waals surface area contributed by atoms with Crippen molar-refractivity contribution in [3.05, 3.63) is 0 Å². The monoisotopic (exact) mass is 275 g/mol. The molecule has 2 aliphatic rings. The highest BCUT2D eigenvalue weighted by Crippen LogP contribution is 2.30. The van der Waals surface area contributed by atoms with Gasteiger partial charge in [0.25, 0.3) is 0 Å². The lowest BCUT2D eigenvalue weighted by Crippen LogP contribution is -2.35. The summed E-state index contributed by atoms with van der Waals surface area (Å²) in [5, 5.41) is 8.87. The maximum Gasteiger partial charge on any atom is 0.306 e. The van der Waals surface area contributed by atoms with Gasteiger partial charge in [-0.1, -0.05) is 19.3 Å². The number of carboxylic acids is 1. The summed E-state index contributed by atoms with van der Waals surface area (Å²) in [6.45, 7) is 0. The second-order valence-electron chi connectivity index (χ2n) is 5.57. The fourth-order valence-electron chi connectivity index (χ4n) is 2.73. The third-order valence-electron chi connectivity index (χ3n) is 4.15. The number of sulfonamides is 1. The molecular weight excluding hydrogens is 254 g/mol. The van der Waals surface area contributed by atoms with Gasteiger partial charge in [0.1, 0.15) is 0 Å². The molecule has 6 heteroatoms. The lowest BCUT2D eigenvalue weighted by Gasteiger charge is -2.25. The molecule has 0 saturated heterocycles. The molecule has 0 aromatic carbocycles. The zero-order chi connectivity index (χ0) is 13.2. The van der Waals surface area contributed by atoms with Crippen molar-refractivity contribution in [3.8, 4) is 0 Å². The van der Waals surface area contributed by atoms with Crippen LogP contribution in [0.5, 0.6) is 0 Å². The Bertz CT molecular complexity index is 402. The Hall–Kier alpha value is -0.620. The highest BCUT2D eigenvalue weighted by molar-refractivity contribution is 7.89. The molecule has 0 heterocycles. The molecule has 0 bridgehead atoms. The van der Waals surface area contributed by atoms with Crippen LogP contribution in [-0.2, 0) is 14.8 Å². The van der Waals surface area contributed by atoms with Crippen molar-refractivity contribution < 1.29 is 18.3 Å². The van der Waals surface area contributed by atoms with Crippen LogP contribution < -0.4 is 4.72 Å². The van der Waals surface area contributed by atoms with Gasteiger partial charge in [-0.3, -0.25) is 4.79 Å². The Labute approximate surface area is 108 Å². The van der Waals surface area contributed by atoms with Crippen LogP contribution in [0.1, 0.15) is 44.9 Å². The van der Waals surface area contributed by atoms with Crippen LogP contribution in [0.4, 0.5) is 0 Å². The molecule has 2 rings (SSSR count). The molecule has 2 N–H and O–H groups in total. The van der Waals surface area contributed by atoms with Crippen LogP contribution in [0.3, 0.4) is 0 Å². The van der Waals surface area contributed by atoms with E-state index in [2.05, 4.69) is 4.72 Å². The summed E-state index contributed by atoms with van der Waals surface area (Å²) in [6.07, 6.45) is 5.91. The first-order valence-electron chi connectivity index (χ1n) is 6.69. The van der Waals surface area contributed by atoms with Crippen molar-refractivity contribution in [2.24, 2.45) is 11.8 Å². The van der Waals surface area contributed by atoms with Crippen molar-refractivity contribution in [2.45, 2.75) is 51.0 Å². The fourth-order valence-corrected chi connectivity index (χ4v) is 4.21. The topological polar surface area (TPSA) is 83.5 Å². The lowest BCUT2D eigenvalue weighted by atomic mass is 9.84. The average molecular weight is 275 g/mol. The first-order valence-corrected chi connectivity index (χ1v) is 8.34. The predicted octanol–water partition coefficient (Wildman–Crippen LogP) is 1.35. The lowest BCUT2D eigenvalue weighted by molar-refractivity contribution is -0.141. The number of rotatable bonds is 6. The average Bonchev–Trinajstić information content (AvgIpc) is 2.62. The molecule has 0 aromatic heterocycles. The van der Waals surface area contributed by atoms with Gasteiger partial charge in [-0.25, -0.2) is 13.1 Å². The Kier molecular flexibility index (Phi) is 4.27. The molecule has 2 aliphatic carbocycles. The number of carbonyl (C=O) groups is 1. The van der Waals surface area contributed by atoms with E-state index >= 15 is 0 Å². The minimum atomic E-state index is -3.23. The molecule has 0 aliphatic heterocycles. The summed E-state index contributed by atoms with van der Waals surface area (Å²) in [5.74, 6) is -0.432. The Morgan fingerprint density at radius 2 is 1.94 bits per heavy atom. The minimum Gasteiger partial charge on any atom is -0.481 e. The van der Waals surface area contributed by atoms with E-state index in [0.29, 0.717) is 25.2 Å². The molecule has 0 radical (unpaired) electrons. The molecular formula is C12H21NO4S. The second kappa shape index (κ2) is 5.57. The van der Waals surface area contributed by atoms with Crippen LogP contribution in [0, 0.1) is 11.8 Å². The summed E-state index contributed by atoms with van der Waals surface area (Å²) in [7, 11) is -3.23. The van der Waals surface area contributed by atoms with Gasteiger partial charge in [0.05, 0.1) is 11.7 Å². The van der Waals surface area contributed by atoms with E-state index in [9.17, 15) is 13.2 Å². The first-order chi connectivity index (χ1) is 8.46. The summed E-state index contributed by atoms with van der Waals surface area (Å²) in [5.41, 5.74) is 0. The van der Waals surface area contributed by atoms with Crippen LogP contribution >= 0.6 is 0 Å². The molecule has 0 unspecified atom stereocenters. The highest BCUT2D eigenvalue weighted by atomic mass is 32.2. The van der Waals surface area contributed by atoms with Crippen LogP contribution in [0.2, 0.25) is 0 Å². The van der Waals surface area contributed by atoms with E-state index in [1.54, 1.807) is 0 Å². The zero-order valence-electron chi connectivity index (χ0n) is 10.5. The third-order valence-corrected chi connectivity index (χ3v) is 5.61. The van der Waals surface area contributed by atoms with Gasteiger partial charge in [-0.2, -0.15) is 0 Å². The molecule has 2 atom stereocenters. The van der Waals surface area contributed by atoms with E-state index in [1.165, 1.54) is 6.42 Å². The number of hydrogen-bond acceptors (Lipinski definition) is 3. The zero-order valence-corrected chi connectivity index (χ0v) is 11.3. The van der Waals surface area contributed by atoms with Crippen molar-refractivity contribution in [2.75, 3.05) is 5.75 Å². The van der Waals surface area contributed by atoms with Gasteiger partial charge in [-0.05, 0) is 31.6 Å². The number of aliphatic carboxylic acids is 1. The second-order valence-corrected chi connectivity index (χ2v) is 7.44. The quantitative estimate of drug-likeness (QED) is 0.766. The maximum absolute atomic E-state index is 11.8. The van der Waals surface area contributed by atoms with E-state index in [4.69, 9.17) is 5.11 Å². The van der Waals surface area contributed by atoms with E-state index in [0.717, 1.165) is 19.3 Å². The summed E-state index contributed by atoms with van der Waals surface area (Å²) < 4.78 is 26.4. The van der Waals surface area contributed by atoms with Crippen molar-refractivity contribution >= 4 is 16.0 Å². The molecule has 0 aromatic rings. The van der Waals surface area contributed by atoms with E-state index < -0.39 is 16.0 Å². The fraction of sp³-hybridized carbons (Fsp3) is 0.917. The predicted molar refractivity (Wildman–Crippen MR) is 67.6 cm³/mol. The molecule has 18 heavy (non-hydrogen) atoms. The summed E-state index contributed by atoms with van der Waals surface area (Å²) in [4.78, 5) is 10.8. The summed E-state index contributed by atoms with van der Waals surface area (Å²) >= 11 is 0. The molecule has 5 nitrogen and oxygen atoms in total. The van der Waals surface area contributed by atoms with Gasteiger partial charge in [0.2, 0.25) is 10.0 Å². The minimum absolute atomic E-state index is 0.183. The van der Waals surface area contributed by atoms with Gasteiger partial charge in [0.15, 0.2) is 0 Å². The van der Waals surface area contributed by atoms with Crippen molar-refractivity contribution in [1.82, 2.24) is 4.72 Å². The first kappa shape index (κ1) is 13.8. The number of carboxylic acid groups (broad SMARTS) is 1. The molecule has 2 saturated carbocycles. The van der Waals surface area contributed by atoms with Gasteiger partial charge in [-0.15, -0.1) is 0 Å². The summed E-state index contributed by atoms with van der Waals surface area (Å²) in [6, 6.07) is -0.183. The SMILES string of the molecule is O=C(O)[C@@H]1CC[C@H](NS(=O)(=O)CCC2CCC2)C1. The normalized spacial score (nSPS) is 29.1. The Balaban J connectivity index is 1.75.